The molecule has 0 amide bonds. The molecule has 0 radical (unpaired) electrons. The van der Waals surface area contributed by atoms with E-state index in [9.17, 15) is 5.11 Å². The smallest absolute Gasteiger partial charge is 0.157 e. The summed E-state index contributed by atoms with van der Waals surface area (Å²) >= 11 is 0. The SMILES string of the molecule is O[C@@H]1C[C@H](OCc2ccccc2)[C@H]([C@H](COCc2ccccc2)OCc2ccccc2)O1. The fourth-order valence-electron chi connectivity index (χ4n) is 3.81. The van der Waals surface area contributed by atoms with Crippen LogP contribution in [0.25, 0.3) is 0 Å². The van der Waals surface area contributed by atoms with Gasteiger partial charge in [-0.25, -0.2) is 0 Å². The number of aliphatic hydroxyl groups excluding tert-OH is 1. The van der Waals surface area contributed by atoms with Gasteiger partial charge in [0.15, 0.2) is 6.29 Å². The molecule has 5 nitrogen and oxygen atoms in total. The molecule has 1 saturated heterocycles. The molecule has 4 rings (SSSR count). The molecule has 5 heteroatoms. The lowest BCUT2D eigenvalue weighted by Gasteiger charge is -2.28. The Balaban J connectivity index is 1.40. The number of benzene rings is 3. The lowest BCUT2D eigenvalue weighted by molar-refractivity contribution is -0.166. The van der Waals surface area contributed by atoms with Crippen molar-refractivity contribution in [1.29, 1.82) is 0 Å². The summed E-state index contributed by atoms with van der Waals surface area (Å²) in [6, 6.07) is 30.0. The van der Waals surface area contributed by atoms with Gasteiger partial charge in [-0.05, 0) is 16.7 Å². The average Bonchev–Trinajstić information content (AvgIpc) is 3.22. The zero-order chi connectivity index (χ0) is 22.0. The molecule has 0 spiro atoms. The Bertz CT molecular complexity index is 903. The Kier molecular flexibility index (Phi) is 8.42. The van der Waals surface area contributed by atoms with Crippen LogP contribution >= 0.6 is 0 Å². The molecule has 1 N–H and O–H groups in total. The number of aliphatic hydroxyl groups is 1. The van der Waals surface area contributed by atoms with Crippen molar-refractivity contribution >= 4 is 0 Å². The maximum atomic E-state index is 10.2. The Morgan fingerprint density at radius 1 is 0.750 bits per heavy atom. The number of ether oxygens (including phenoxy) is 4. The topological polar surface area (TPSA) is 57.2 Å². The Labute approximate surface area is 189 Å². The first-order valence-electron chi connectivity index (χ1n) is 11.0. The van der Waals surface area contributed by atoms with Crippen molar-refractivity contribution in [3.8, 4) is 0 Å². The predicted octanol–water partition coefficient (Wildman–Crippen LogP) is 4.48. The van der Waals surface area contributed by atoms with Gasteiger partial charge in [0, 0.05) is 6.42 Å². The first-order valence-corrected chi connectivity index (χ1v) is 11.0. The van der Waals surface area contributed by atoms with Crippen LogP contribution in [0.2, 0.25) is 0 Å². The van der Waals surface area contributed by atoms with Crippen LogP contribution in [0.5, 0.6) is 0 Å². The van der Waals surface area contributed by atoms with Gasteiger partial charge in [-0.3, -0.25) is 0 Å². The van der Waals surface area contributed by atoms with E-state index in [1.54, 1.807) is 0 Å². The van der Waals surface area contributed by atoms with Gasteiger partial charge in [-0.1, -0.05) is 91.0 Å². The largest absolute Gasteiger partial charge is 0.374 e. The van der Waals surface area contributed by atoms with Gasteiger partial charge in [0.05, 0.1) is 32.5 Å². The van der Waals surface area contributed by atoms with Crippen molar-refractivity contribution in [2.24, 2.45) is 0 Å². The van der Waals surface area contributed by atoms with Crippen molar-refractivity contribution in [2.75, 3.05) is 6.61 Å². The summed E-state index contributed by atoms with van der Waals surface area (Å²) in [6.45, 7) is 1.71. The molecule has 1 aliphatic rings. The second-order valence-corrected chi connectivity index (χ2v) is 7.96. The zero-order valence-electron chi connectivity index (χ0n) is 18.1. The minimum atomic E-state index is -0.877. The van der Waals surface area contributed by atoms with E-state index in [1.807, 2.05) is 91.0 Å². The van der Waals surface area contributed by atoms with E-state index >= 15 is 0 Å². The highest BCUT2D eigenvalue weighted by molar-refractivity contribution is 5.15. The van der Waals surface area contributed by atoms with Crippen LogP contribution in [-0.4, -0.2) is 36.3 Å². The van der Waals surface area contributed by atoms with Crippen molar-refractivity contribution in [3.05, 3.63) is 108 Å². The maximum absolute atomic E-state index is 10.2. The van der Waals surface area contributed by atoms with E-state index in [0.717, 1.165) is 16.7 Å². The standard InChI is InChI=1S/C27H30O5/c28-26-16-24(30-18-22-12-6-2-7-13-22)27(32-26)25(31-19-23-14-8-3-9-15-23)20-29-17-21-10-4-1-5-11-21/h1-15,24-28H,16-20H2/t24-,25-,26-,27+/m0/s1. The van der Waals surface area contributed by atoms with Crippen LogP contribution < -0.4 is 0 Å². The Morgan fingerprint density at radius 3 is 1.88 bits per heavy atom. The van der Waals surface area contributed by atoms with Crippen molar-refractivity contribution in [1.82, 2.24) is 0 Å². The zero-order valence-corrected chi connectivity index (χ0v) is 18.1. The molecule has 0 saturated carbocycles. The summed E-state index contributed by atoms with van der Waals surface area (Å²) in [5.41, 5.74) is 3.24. The quantitative estimate of drug-likeness (QED) is 0.482. The molecule has 3 aromatic rings. The van der Waals surface area contributed by atoms with Crippen molar-refractivity contribution in [3.63, 3.8) is 0 Å². The number of hydrogen-bond acceptors (Lipinski definition) is 5. The predicted molar refractivity (Wildman–Crippen MR) is 122 cm³/mol. The summed E-state index contributed by atoms with van der Waals surface area (Å²) in [5, 5.41) is 10.2. The third-order valence-corrected chi connectivity index (χ3v) is 5.49. The van der Waals surface area contributed by atoms with Gasteiger partial charge >= 0.3 is 0 Å². The van der Waals surface area contributed by atoms with Gasteiger partial charge < -0.3 is 24.1 Å². The highest BCUT2D eigenvalue weighted by Crippen LogP contribution is 2.28. The molecule has 32 heavy (non-hydrogen) atoms. The normalized spacial score (nSPS) is 21.5. The molecule has 3 aromatic carbocycles. The van der Waals surface area contributed by atoms with Gasteiger partial charge in [-0.15, -0.1) is 0 Å². The first kappa shape index (κ1) is 22.6. The third kappa shape index (κ3) is 6.73. The van der Waals surface area contributed by atoms with E-state index in [-0.39, 0.29) is 12.2 Å². The van der Waals surface area contributed by atoms with Gasteiger partial charge in [0.2, 0.25) is 0 Å². The molecule has 0 aromatic heterocycles. The summed E-state index contributed by atoms with van der Waals surface area (Å²) < 4.78 is 24.2. The van der Waals surface area contributed by atoms with E-state index < -0.39 is 12.4 Å². The fraction of sp³-hybridized carbons (Fsp3) is 0.333. The lowest BCUT2D eigenvalue weighted by Crippen LogP contribution is -2.41. The van der Waals surface area contributed by atoms with Crippen molar-refractivity contribution in [2.45, 2.75) is 50.8 Å². The average molecular weight is 435 g/mol. The van der Waals surface area contributed by atoms with Crippen LogP contribution in [-0.2, 0) is 38.8 Å². The molecular weight excluding hydrogens is 404 g/mol. The summed E-state index contributed by atoms with van der Waals surface area (Å²) in [6.07, 6.45) is -1.56. The van der Waals surface area contributed by atoms with E-state index in [0.29, 0.717) is 32.8 Å². The van der Waals surface area contributed by atoms with Crippen LogP contribution in [0, 0.1) is 0 Å². The highest BCUT2D eigenvalue weighted by atomic mass is 16.7. The molecule has 0 unspecified atom stereocenters. The lowest BCUT2D eigenvalue weighted by atomic mass is 10.1. The molecule has 168 valence electrons. The first-order chi connectivity index (χ1) is 15.8. The van der Waals surface area contributed by atoms with Crippen LogP contribution in [0.1, 0.15) is 23.1 Å². The van der Waals surface area contributed by atoms with E-state index in [2.05, 4.69) is 0 Å². The summed E-state index contributed by atoms with van der Waals surface area (Å²) in [4.78, 5) is 0. The minimum Gasteiger partial charge on any atom is -0.374 e. The van der Waals surface area contributed by atoms with Gasteiger partial charge in [0.1, 0.15) is 12.2 Å². The fourth-order valence-corrected chi connectivity index (χ4v) is 3.81. The number of hydrogen-bond donors (Lipinski definition) is 1. The highest BCUT2D eigenvalue weighted by Gasteiger charge is 2.41. The van der Waals surface area contributed by atoms with Crippen LogP contribution in [0.4, 0.5) is 0 Å². The Morgan fingerprint density at radius 2 is 1.28 bits per heavy atom. The van der Waals surface area contributed by atoms with Gasteiger partial charge in [-0.2, -0.15) is 0 Å². The Hall–Kier alpha value is -2.54. The molecule has 0 aliphatic carbocycles. The molecule has 0 bridgehead atoms. The van der Waals surface area contributed by atoms with Crippen LogP contribution in [0.15, 0.2) is 91.0 Å². The monoisotopic (exact) mass is 434 g/mol. The number of rotatable bonds is 11. The molecular formula is C27H30O5. The van der Waals surface area contributed by atoms with Crippen molar-refractivity contribution < 1.29 is 24.1 Å². The van der Waals surface area contributed by atoms with E-state index in [4.69, 9.17) is 18.9 Å². The van der Waals surface area contributed by atoms with Crippen LogP contribution in [0.3, 0.4) is 0 Å². The molecule has 1 heterocycles. The summed E-state index contributed by atoms with van der Waals surface area (Å²) in [5.74, 6) is 0. The van der Waals surface area contributed by atoms with Gasteiger partial charge in [0.25, 0.3) is 0 Å². The summed E-state index contributed by atoms with van der Waals surface area (Å²) in [7, 11) is 0. The molecule has 1 aliphatic heterocycles. The minimum absolute atomic E-state index is 0.286. The maximum Gasteiger partial charge on any atom is 0.157 e. The van der Waals surface area contributed by atoms with E-state index in [1.165, 1.54) is 0 Å². The third-order valence-electron chi connectivity index (χ3n) is 5.49. The second kappa shape index (κ2) is 11.9. The second-order valence-electron chi connectivity index (χ2n) is 7.96. The molecule has 4 atom stereocenters. The molecule has 1 fully saturated rings.